The zero-order valence-corrected chi connectivity index (χ0v) is 12.0. The molecule has 2 rings (SSSR count). The second-order valence-corrected chi connectivity index (χ2v) is 5.50. The number of aromatic nitrogens is 3. The summed E-state index contributed by atoms with van der Waals surface area (Å²) in [6.45, 7) is 1.92. The Morgan fingerprint density at radius 3 is 3.05 bits per heavy atom. The van der Waals surface area contributed by atoms with Crippen molar-refractivity contribution < 1.29 is 4.79 Å². The van der Waals surface area contributed by atoms with Crippen LogP contribution in [0, 0.1) is 0 Å². The van der Waals surface area contributed by atoms with Crippen molar-refractivity contribution in [3.05, 3.63) is 34.5 Å². The summed E-state index contributed by atoms with van der Waals surface area (Å²) in [7, 11) is 1.82. The van der Waals surface area contributed by atoms with Gasteiger partial charge in [-0.25, -0.2) is 4.98 Å². The number of carbonyl (C=O) groups excluding carboxylic acids is 1. The molecule has 1 N–H and O–H groups in total. The van der Waals surface area contributed by atoms with Crippen molar-refractivity contribution in [2.24, 2.45) is 7.05 Å². The van der Waals surface area contributed by atoms with E-state index in [0.29, 0.717) is 6.42 Å². The molecule has 2 aromatic rings. The molecule has 102 valence electrons. The Bertz CT molecular complexity index is 520. The molecule has 0 bridgehead atoms. The van der Waals surface area contributed by atoms with E-state index in [1.54, 1.807) is 16.0 Å². The maximum absolute atomic E-state index is 11.8. The van der Waals surface area contributed by atoms with Crippen LogP contribution in [0.1, 0.15) is 36.5 Å². The van der Waals surface area contributed by atoms with Gasteiger partial charge in [-0.15, -0.1) is 11.3 Å². The van der Waals surface area contributed by atoms with Crippen molar-refractivity contribution in [1.29, 1.82) is 0 Å². The van der Waals surface area contributed by atoms with Gasteiger partial charge in [0, 0.05) is 18.3 Å². The maximum Gasteiger partial charge on any atom is 0.220 e. The zero-order chi connectivity index (χ0) is 13.7. The highest BCUT2D eigenvalue weighted by Gasteiger charge is 2.13. The van der Waals surface area contributed by atoms with Crippen molar-refractivity contribution in [2.75, 3.05) is 0 Å². The molecule has 2 heterocycles. The van der Waals surface area contributed by atoms with Gasteiger partial charge in [0.2, 0.25) is 5.91 Å². The molecule has 0 spiro atoms. The van der Waals surface area contributed by atoms with Gasteiger partial charge in [-0.1, -0.05) is 6.07 Å². The van der Waals surface area contributed by atoms with Gasteiger partial charge in [-0.05, 0) is 31.2 Å². The number of nitrogens with zero attached hydrogens (tertiary/aromatic N) is 3. The fourth-order valence-corrected chi connectivity index (χ4v) is 2.70. The summed E-state index contributed by atoms with van der Waals surface area (Å²) in [5.41, 5.74) is 0. The molecule has 0 aliphatic heterocycles. The van der Waals surface area contributed by atoms with Crippen LogP contribution < -0.4 is 5.32 Å². The normalized spacial score (nSPS) is 12.3. The van der Waals surface area contributed by atoms with Crippen molar-refractivity contribution in [1.82, 2.24) is 20.1 Å². The second-order valence-electron chi connectivity index (χ2n) is 4.46. The summed E-state index contributed by atoms with van der Waals surface area (Å²) >= 11 is 1.74. The Morgan fingerprint density at radius 2 is 2.42 bits per heavy atom. The molecule has 0 saturated heterocycles. The lowest BCUT2D eigenvalue weighted by Gasteiger charge is -2.12. The van der Waals surface area contributed by atoms with E-state index in [2.05, 4.69) is 26.8 Å². The van der Waals surface area contributed by atoms with Crippen LogP contribution in [0.25, 0.3) is 0 Å². The molecule has 1 atom stereocenters. The number of hydrogen-bond acceptors (Lipinski definition) is 4. The molecule has 0 aliphatic carbocycles. The van der Waals surface area contributed by atoms with Crippen LogP contribution in [-0.4, -0.2) is 20.7 Å². The number of hydrogen-bond donors (Lipinski definition) is 1. The Labute approximate surface area is 116 Å². The van der Waals surface area contributed by atoms with Crippen LogP contribution in [0.5, 0.6) is 0 Å². The summed E-state index contributed by atoms with van der Waals surface area (Å²) in [5.74, 6) is 0.832. The summed E-state index contributed by atoms with van der Waals surface area (Å²) < 4.78 is 1.68. The van der Waals surface area contributed by atoms with Crippen LogP contribution in [0.4, 0.5) is 0 Å². The molecule has 0 aliphatic rings. The topological polar surface area (TPSA) is 59.8 Å². The van der Waals surface area contributed by atoms with Crippen LogP contribution >= 0.6 is 11.3 Å². The number of thiophene rings is 1. The van der Waals surface area contributed by atoms with Gasteiger partial charge in [-0.3, -0.25) is 9.48 Å². The maximum atomic E-state index is 11.8. The summed E-state index contributed by atoms with van der Waals surface area (Å²) in [5, 5.41) is 9.00. The quantitative estimate of drug-likeness (QED) is 0.880. The average Bonchev–Trinajstić information content (AvgIpc) is 3.00. The van der Waals surface area contributed by atoms with Gasteiger partial charge in [0.25, 0.3) is 0 Å². The minimum atomic E-state index is -0.110. The van der Waals surface area contributed by atoms with Crippen molar-refractivity contribution in [3.63, 3.8) is 0 Å². The third-order valence-corrected chi connectivity index (χ3v) is 3.85. The Kier molecular flexibility index (Phi) is 4.68. The Morgan fingerprint density at radius 1 is 1.58 bits per heavy atom. The number of carbonyl (C=O) groups is 1. The SMILES string of the molecule is C[C@@H](NC(=O)CCCc1cccs1)c1ncnn1C. The highest BCUT2D eigenvalue weighted by molar-refractivity contribution is 7.09. The molecule has 19 heavy (non-hydrogen) atoms. The van der Waals surface area contributed by atoms with Crippen LogP contribution in [-0.2, 0) is 18.3 Å². The van der Waals surface area contributed by atoms with E-state index >= 15 is 0 Å². The summed E-state index contributed by atoms with van der Waals surface area (Å²) in [4.78, 5) is 17.3. The molecule has 0 aromatic carbocycles. The number of nitrogens with one attached hydrogen (secondary N) is 1. The third kappa shape index (κ3) is 3.89. The highest BCUT2D eigenvalue weighted by Crippen LogP contribution is 2.12. The van der Waals surface area contributed by atoms with E-state index in [4.69, 9.17) is 0 Å². The third-order valence-electron chi connectivity index (χ3n) is 2.92. The van der Waals surface area contributed by atoms with Crippen LogP contribution in [0.3, 0.4) is 0 Å². The molecule has 1 amide bonds. The fourth-order valence-electron chi connectivity index (χ4n) is 1.95. The van der Waals surface area contributed by atoms with E-state index in [0.717, 1.165) is 18.7 Å². The summed E-state index contributed by atoms with van der Waals surface area (Å²) in [6.07, 6.45) is 3.87. The number of rotatable bonds is 6. The first-order valence-electron chi connectivity index (χ1n) is 6.32. The van der Waals surface area contributed by atoms with Gasteiger partial charge in [0.15, 0.2) is 0 Å². The Balaban J connectivity index is 1.74. The van der Waals surface area contributed by atoms with E-state index < -0.39 is 0 Å². The lowest BCUT2D eigenvalue weighted by molar-refractivity contribution is -0.121. The van der Waals surface area contributed by atoms with E-state index in [-0.39, 0.29) is 11.9 Å². The first-order chi connectivity index (χ1) is 9.16. The first-order valence-corrected chi connectivity index (χ1v) is 7.20. The van der Waals surface area contributed by atoms with Gasteiger partial charge in [0.1, 0.15) is 12.2 Å². The molecule has 0 unspecified atom stereocenters. The molecule has 0 fully saturated rings. The smallest absolute Gasteiger partial charge is 0.220 e. The van der Waals surface area contributed by atoms with E-state index in [9.17, 15) is 4.79 Å². The zero-order valence-electron chi connectivity index (χ0n) is 11.2. The predicted octanol–water partition coefficient (Wildman–Crippen LogP) is 2.08. The minimum Gasteiger partial charge on any atom is -0.346 e. The molecule has 0 radical (unpaired) electrons. The lowest BCUT2D eigenvalue weighted by Crippen LogP contribution is -2.28. The molecule has 2 aromatic heterocycles. The molecular formula is C13H18N4OS. The number of aryl methyl sites for hydroxylation is 2. The van der Waals surface area contributed by atoms with Crippen molar-refractivity contribution >= 4 is 17.2 Å². The minimum absolute atomic E-state index is 0.0621. The van der Waals surface area contributed by atoms with Crippen LogP contribution in [0.15, 0.2) is 23.8 Å². The number of amides is 1. The van der Waals surface area contributed by atoms with Gasteiger partial charge in [0.05, 0.1) is 6.04 Å². The largest absolute Gasteiger partial charge is 0.346 e. The lowest BCUT2D eigenvalue weighted by atomic mass is 10.2. The van der Waals surface area contributed by atoms with Crippen LogP contribution in [0.2, 0.25) is 0 Å². The van der Waals surface area contributed by atoms with Crippen molar-refractivity contribution in [3.8, 4) is 0 Å². The average molecular weight is 278 g/mol. The summed E-state index contributed by atoms with van der Waals surface area (Å²) in [6, 6.07) is 4.03. The standard InChI is InChI=1S/C13H18N4OS/c1-10(13-14-9-15-17(13)2)16-12(18)7-3-5-11-6-4-8-19-11/h4,6,8-10H,3,5,7H2,1-2H3,(H,16,18)/t10-/m1/s1. The second kappa shape index (κ2) is 6.47. The van der Waals surface area contributed by atoms with E-state index in [1.807, 2.05) is 20.0 Å². The van der Waals surface area contributed by atoms with Crippen molar-refractivity contribution in [2.45, 2.75) is 32.2 Å². The molecule has 0 saturated carbocycles. The fraction of sp³-hybridized carbons (Fsp3) is 0.462. The predicted molar refractivity (Wildman–Crippen MR) is 74.8 cm³/mol. The molecular weight excluding hydrogens is 260 g/mol. The Hall–Kier alpha value is -1.69. The molecule has 5 nitrogen and oxygen atoms in total. The van der Waals surface area contributed by atoms with Gasteiger partial charge in [-0.2, -0.15) is 5.10 Å². The first kappa shape index (κ1) is 13.7. The monoisotopic (exact) mass is 278 g/mol. The van der Waals surface area contributed by atoms with Gasteiger partial charge >= 0.3 is 0 Å². The highest BCUT2D eigenvalue weighted by atomic mass is 32.1. The van der Waals surface area contributed by atoms with E-state index in [1.165, 1.54) is 11.2 Å². The van der Waals surface area contributed by atoms with Gasteiger partial charge < -0.3 is 5.32 Å². The molecule has 6 heteroatoms.